The standard InChI is InChI=1S/C22H14BrNO5/c23-18-9-5-17(6-10-18)22(26)29-20-11-7-16(8-12-20)21(25)13-4-15-2-1-3-19(14-15)24(27)28/h1-14H/b13-4+. The highest BCUT2D eigenvalue weighted by Crippen LogP contribution is 2.18. The summed E-state index contributed by atoms with van der Waals surface area (Å²) in [4.78, 5) is 34.7. The SMILES string of the molecule is O=C(/C=C/c1cccc([N+](=O)[O-])c1)c1ccc(OC(=O)c2ccc(Br)cc2)cc1. The van der Waals surface area contributed by atoms with Crippen LogP contribution >= 0.6 is 15.9 Å². The zero-order valence-electron chi connectivity index (χ0n) is 14.9. The molecule has 0 aromatic heterocycles. The van der Waals surface area contributed by atoms with Crippen LogP contribution in [0, 0.1) is 10.1 Å². The molecule has 0 fully saturated rings. The number of hydrogen-bond donors (Lipinski definition) is 0. The number of benzene rings is 3. The van der Waals surface area contributed by atoms with Crippen LogP contribution in [-0.2, 0) is 0 Å². The van der Waals surface area contributed by atoms with E-state index in [-0.39, 0.29) is 11.5 Å². The van der Waals surface area contributed by atoms with Crippen molar-refractivity contribution in [1.29, 1.82) is 0 Å². The van der Waals surface area contributed by atoms with E-state index in [4.69, 9.17) is 4.74 Å². The lowest BCUT2D eigenvalue weighted by atomic mass is 10.1. The first-order valence-electron chi connectivity index (χ1n) is 8.47. The van der Waals surface area contributed by atoms with Crippen molar-refractivity contribution in [2.45, 2.75) is 0 Å². The Morgan fingerprint density at radius 3 is 2.24 bits per heavy atom. The van der Waals surface area contributed by atoms with E-state index in [1.54, 1.807) is 48.5 Å². The fourth-order valence-corrected chi connectivity index (χ4v) is 2.71. The lowest BCUT2D eigenvalue weighted by Crippen LogP contribution is -2.08. The second-order valence-electron chi connectivity index (χ2n) is 5.97. The Hall–Kier alpha value is -3.58. The molecule has 3 aromatic rings. The number of non-ortho nitro benzene ring substituents is 1. The fraction of sp³-hybridized carbons (Fsp3) is 0. The smallest absolute Gasteiger partial charge is 0.343 e. The molecule has 7 heteroatoms. The average molecular weight is 452 g/mol. The van der Waals surface area contributed by atoms with E-state index in [0.717, 1.165) is 4.47 Å². The molecule has 3 aromatic carbocycles. The molecule has 0 bridgehead atoms. The number of nitro benzene ring substituents is 1. The molecule has 0 unspecified atom stereocenters. The molecule has 144 valence electrons. The van der Waals surface area contributed by atoms with Crippen molar-refractivity contribution in [3.63, 3.8) is 0 Å². The second kappa shape index (κ2) is 9.07. The molecule has 0 heterocycles. The van der Waals surface area contributed by atoms with Gasteiger partial charge in [-0.15, -0.1) is 0 Å². The number of halogens is 1. The van der Waals surface area contributed by atoms with Crippen molar-refractivity contribution < 1.29 is 19.2 Å². The maximum Gasteiger partial charge on any atom is 0.343 e. The average Bonchev–Trinajstić information content (AvgIpc) is 2.73. The molecule has 0 radical (unpaired) electrons. The number of ketones is 1. The minimum Gasteiger partial charge on any atom is -0.423 e. The van der Waals surface area contributed by atoms with Gasteiger partial charge in [0, 0.05) is 22.2 Å². The second-order valence-corrected chi connectivity index (χ2v) is 6.89. The Kier molecular flexibility index (Phi) is 6.31. The van der Waals surface area contributed by atoms with Gasteiger partial charge in [-0.05, 0) is 60.2 Å². The van der Waals surface area contributed by atoms with E-state index in [1.807, 2.05) is 0 Å². The summed E-state index contributed by atoms with van der Waals surface area (Å²) in [6.07, 6.45) is 2.85. The highest BCUT2D eigenvalue weighted by molar-refractivity contribution is 9.10. The number of carbonyl (C=O) groups excluding carboxylic acids is 2. The van der Waals surface area contributed by atoms with Crippen LogP contribution in [0.3, 0.4) is 0 Å². The summed E-state index contributed by atoms with van der Waals surface area (Å²) in [5.74, 6) is -0.457. The minimum atomic E-state index is -0.498. The van der Waals surface area contributed by atoms with Gasteiger partial charge in [-0.2, -0.15) is 0 Å². The molecule has 0 aliphatic heterocycles. The lowest BCUT2D eigenvalue weighted by Gasteiger charge is -2.05. The van der Waals surface area contributed by atoms with Crippen LogP contribution < -0.4 is 4.74 Å². The van der Waals surface area contributed by atoms with Gasteiger partial charge in [0.1, 0.15) is 5.75 Å². The fourth-order valence-electron chi connectivity index (χ4n) is 2.45. The third-order valence-electron chi connectivity index (χ3n) is 3.94. The Bertz CT molecular complexity index is 1090. The number of carbonyl (C=O) groups is 2. The number of nitro groups is 1. The molecule has 0 aliphatic carbocycles. The summed E-state index contributed by atoms with van der Waals surface area (Å²) < 4.78 is 6.15. The number of allylic oxidation sites excluding steroid dienone is 1. The molecule has 0 saturated carbocycles. The number of ether oxygens (including phenoxy) is 1. The molecule has 0 saturated heterocycles. The summed E-state index contributed by atoms with van der Waals surface area (Å²) in [5, 5.41) is 10.8. The van der Waals surface area contributed by atoms with Crippen LogP contribution in [0.15, 0.2) is 83.3 Å². The summed E-state index contributed by atoms with van der Waals surface area (Å²) in [6, 6.07) is 18.9. The Morgan fingerprint density at radius 1 is 0.931 bits per heavy atom. The third-order valence-corrected chi connectivity index (χ3v) is 4.47. The molecule has 6 nitrogen and oxygen atoms in total. The van der Waals surface area contributed by atoms with Crippen LogP contribution in [0.2, 0.25) is 0 Å². The first-order valence-corrected chi connectivity index (χ1v) is 9.26. The van der Waals surface area contributed by atoms with Crippen molar-refractivity contribution >= 4 is 39.4 Å². The molecular weight excluding hydrogens is 438 g/mol. The Morgan fingerprint density at radius 2 is 1.59 bits per heavy atom. The first-order chi connectivity index (χ1) is 13.9. The molecule has 0 atom stereocenters. The quantitative estimate of drug-likeness (QED) is 0.124. The zero-order chi connectivity index (χ0) is 20.8. The van der Waals surface area contributed by atoms with Gasteiger partial charge in [0.25, 0.3) is 5.69 Å². The normalized spacial score (nSPS) is 10.7. The molecule has 0 aliphatic rings. The van der Waals surface area contributed by atoms with E-state index >= 15 is 0 Å². The van der Waals surface area contributed by atoms with E-state index in [9.17, 15) is 19.7 Å². The molecular formula is C22H14BrNO5. The topological polar surface area (TPSA) is 86.5 Å². The van der Waals surface area contributed by atoms with E-state index in [1.165, 1.54) is 36.4 Å². The van der Waals surface area contributed by atoms with Crippen molar-refractivity contribution in [3.05, 3.63) is 110 Å². The van der Waals surface area contributed by atoms with Gasteiger partial charge in [0.15, 0.2) is 5.78 Å². The number of rotatable bonds is 6. The predicted octanol–water partition coefficient (Wildman–Crippen LogP) is 5.47. The number of hydrogen-bond acceptors (Lipinski definition) is 5. The molecule has 0 amide bonds. The molecule has 29 heavy (non-hydrogen) atoms. The molecule has 0 N–H and O–H groups in total. The van der Waals surface area contributed by atoms with Gasteiger partial charge in [-0.3, -0.25) is 14.9 Å². The van der Waals surface area contributed by atoms with Crippen molar-refractivity contribution in [2.75, 3.05) is 0 Å². The summed E-state index contributed by atoms with van der Waals surface area (Å²) in [7, 11) is 0. The van der Waals surface area contributed by atoms with Gasteiger partial charge >= 0.3 is 5.97 Å². The largest absolute Gasteiger partial charge is 0.423 e. The summed E-state index contributed by atoms with van der Waals surface area (Å²) in [5.41, 5.74) is 1.31. The Balaban J connectivity index is 1.65. The van der Waals surface area contributed by atoms with Crippen molar-refractivity contribution in [2.24, 2.45) is 0 Å². The van der Waals surface area contributed by atoms with Crippen LogP contribution in [0.1, 0.15) is 26.3 Å². The van der Waals surface area contributed by atoms with Gasteiger partial charge in [-0.25, -0.2) is 4.79 Å². The van der Waals surface area contributed by atoms with E-state index in [2.05, 4.69) is 15.9 Å². The number of nitrogens with zero attached hydrogens (tertiary/aromatic N) is 1. The van der Waals surface area contributed by atoms with E-state index < -0.39 is 10.9 Å². The summed E-state index contributed by atoms with van der Waals surface area (Å²) >= 11 is 3.30. The van der Waals surface area contributed by atoms with Crippen molar-refractivity contribution in [1.82, 2.24) is 0 Å². The lowest BCUT2D eigenvalue weighted by molar-refractivity contribution is -0.384. The predicted molar refractivity (Wildman–Crippen MR) is 112 cm³/mol. The van der Waals surface area contributed by atoms with Crippen molar-refractivity contribution in [3.8, 4) is 5.75 Å². The van der Waals surface area contributed by atoms with Crippen LogP contribution in [0.25, 0.3) is 6.08 Å². The third kappa shape index (κ3) is 5.46. The van der Waals surface area contributed by atoms with Crippen LogP contribution in [-0.4, -0.2) is 16.7 Å². The molecule has 3 rings (SSSR count). The number of esters is 1. The van der Waals surface area contributed by atoms with Gasteiger partial charge < -0.3 is 4.74 Å². The van der Waals surface area contributed by atoms with Crippen LogP contribution in [0.5, 0.6) is 5.75 Å². The van der Waals surface area contributed by atoms with Gasteiger partial charge in [-0.1, -0.05) is 34.1 Å². The van der Waals surface area contributed by atoms with E-state index in [0.29, 0.717) is 22.4 Å². The zero-order valence-corrected chi connectivity index (χ0v) is 16.5. The highest BCUT2D eigenvalue weighted by atomic mass is 79.9. The van der Waals surface area contributed by atoms with Gasteiger partial charge in [0.05, 0.1) is 10.5 Å². The summed E-state index contributed by atoms with van der Waals surface area (Å²) in [6.45, 7) is 0. The van der Waals surface area contributed by atoms with Gasteiger partial charge in [0.2, 0.25) is 0 Å². The monoisotopic (exact) mass is 451 g/mol. The molecule has 0 spiro atoms. The maximum absolute atomic E-state index is 12.3. The Labute approximate surface area is 174 Å². The van der Waals surface area contributed by atoms with Crippen LogP contribution in [0.4, 0.5) is 5.69 Å². The maximum atomic E-state index is 12.3. The minimum absolute atomic E-state index is 0.0449. The highest BCUT2D eigenvalue weighted by Gasteiger charge is 2.09. The first kappa shape index (κ1) is 20.2.